The van der Waals surface area contributed by atoms with E-state index >= 15 is 0 Å². The van der Waals surface area contributed by atoms with E-state index in [9.17, 15) is 0 Å². The van der Waals surface area contributed by atoms with E-state index in [1.54, 1.807) is 0 Å². The lowest BCUT2D eigenvalue weighted by molar-refractivity contribution is 0.259. The van der Waals surface area contributed by atoms with Crippen LogP contribution in [0.5, 0.6) is 0 Å². The molecule has 0 N–H and O–H groups in total. The van der Waals surface area contributed by atoms with Gasteiger partial charge in [-0.2, -0.15) is 0 Å². The van der Waals surface area contributed by atoms with Crippen molar-refractivity contribution in [2.45, 2.75) is 39.2 Å². The summed E-state index contributed by atoms with van der Waals surface area (Å²) >= 11 is 0. The number of hydrogen-bond donors (Lipinski definition) is 0. The van der Waals surface area contributed by atoms with Crippen LogP contribution in [-0.4, -0.2) is 23.2 Å². The molecule has 0 saturated carbocycles. The van der Waals surface area contributed by atoms with Crippen molar-refractivity contribution < 1.29 is 9.26 Å². The average molecular weight is 282 g/mol. The predicted octanol–water partition coefficient (Wildman–Crippen LogP) is 3.24. The summed E-state index contributed by atoms with van der Waals surface area (Å²) in [6.45, 7) is 6.59. The molecule has 4 rings (SSSR count). The molecule has 1 unspecified atom stereocenters. The van der Waals surface area contributed by atoms with E-state index in [1.807, 2.05) is 20.8 Å². The summed E-state index contributed by atoms with van der Waals surface area (Å²) in [5.41, 5.74) is 5.92. The van der Waals surface area contributed by atoms with E-state index in [4.69, 9.17) is 14.3 Å². The number of aryl methyl sites for hydroxylation is 2. The van der Waals surface area contributed by atoms with Crippen LogP contribution in [0.2, 0.25) is 0 Å². The van der Waals surface area contributed by atoms with Crippen LogP contribution in [0.25, 0.3) is 11.1 Å². The van der Waals surface area contributed by atoms with Crippen LogP contribution in [0.15, 0.2) is 27.7 Å². The number of nitrogens with zero attached hydrogens (tertiary/aromatic N) is 2. The minimum absolute atomic E-state index is 0.0657. The fourth-order valence-electron chi connectivity index (χ4n) is 3.60. The maximum atomic E-state index is 5.59. The summed E-state index contributed by atoms with van der Waals surface area (Å²) in [5, 5.41) is 4.05. The second-order valence-electron chi connectivity index (χ2n) is 6.18. The van der Waals surface area contributed by atoms with Gasteiger partial charge in [-0.25, -0.2) is 4.99 Å². The first-order valence-corrected chi connectivity index (χ1v) is 7.31. The monoisotopic (exact) mass is 282 g/mol. The molecule has 1 spiro atoms. The van der Waals surface area contributed by atoms with Crippen LogP contribution in [-0.2, 0) is 17.6 Å². The van der Waals surface area contributed by atoms with E-state index in [0.717, 1.165) is 35.8 Å². The minimum Gasteiger partial charge on any atom is -0.479 e. The first kappa shape index (κ1) is 12.6. The number of benzene rings is 1. The van der Waals surface area contributed by atoms with Crippen molar-refractivity contribution in [3.8, 4) is 11.1 Å². The first-order valence-electron chi connectivity index (χ1n) is 7.31. The molecule has 0 saturated heterocycles. The van der Waals surface area contributed by atoms with Gasteiger partial charge in [0.1, 0.15) is 17.9 Å². The van der Waals surface area contributed by atoms with Gasteiger partial charge in [-0.1, -0.05) is 23.4 Å². The summed E-state index contributed by atoms with van der Waals surface area (Å²) in [5.74, 6) is 1.69. The number of aliphatic imine (C=N–C) groups is 1. The molecule has 1 aliphatic heterocycles. The van der Waals surface area contributed by atoms with Gasteiger partial charge in [0.2, 0.25) is 0 Å². The van der Waals surface area contributed by atoms with Crippen LogP contribution in [0.4, 0.5) is 0 Å². The molecule has 1 aromatic carbocycles. The van der Waals surface area contributed by atoms with Crippen LogP contribution >= 0.6 is 0 Å². The Kier molecular flexibility index (Phi) is 2.52. The van der Waals surface area contributed by atoms with Gasteiger partial charge in [-0.3, -0.25) is 0 Å². The van der Waals surface area contributed by atoms with Gasteiger partial charge >= 0.3 is 0 Å². The number of rotatable bonds is 1. The number of ether oxygens (including phenoxy) is 1. The van der Waals surface area contributed by atoms with Crippen LogP contribution in [0, 0.1) is 13.8 Å². The highest BCUT2D eigenvalue weighted by Gasteiger charge is 2.41. The summed E-state index contributed by atoms with van der Waals surface area (Å²) in [7, 11) is 0. The minimum atomic E-state index is -0.0657. The summed E-state index contributed by atoms with van der Waals surface area (Å²) in [6.07, 6.45) is 1.93. The molecule has 2 aromatic rings. The Labute approximate surface area is 123 Å². The van der Waals surface area contributed by atoms with E-state index in [2.05, 4.69) is 23.4 Å². The molecule has 1 atom stereocenters. The summed E-state index contributed by atoms with van der Waals surface area (Å²) in [6, 6.07) is 6.64. The molecule has 2 aliphatic rings. The standard InChI is InChI=1S/C17H18N2O2/c1-10-16(11(2)21-19-10)13-4-5-14-7-17(8-15(14)6-13)9-20-12(3)18-17/h4-6H,7-9H2,1-3H3. The second kappa shape index (κ2) is 4.20. The Morgan fingerprint density at radius 3 is 2.57 bits per heavy atom. The third-order valence-corrected chi connectivity index (χ3v) is 4.51. The molecule has 21 heavy (non-hydrogen) atoms. The Balaban J connectivity index is 1.74. The second-order valence-corrected chi connectivity index (χ2v) is 6.18. The summed E-state index contributed by atoms with van der Waals surface area (Å²) < 4.78 is 10.9. The zero-order chi connectivity index (χ0) is 14.6. The highest BCUT2D eigenvalue weighted by molar-refractivity contribution is 5.76. The fraction of sp³-hybridized carbons (Fsp3) is 0.412. The molecule has 0 bridgehead atoms. The third kappa shape index (κ3) is 1.89. The van der Waals surface area contributed by atoms with Gasteiger partial charge in [0.25, 0.3) is 0 Å². The fourth-order valence-corrected chi connectivity index (χ4v) is 3.60. The molecule has 0 fully saturated rings. The molecule has 1 aliphatic carbocycles. The molecule has 108 valence electrons. The number of fused-ring (bicyclic) bond motifs is 1. The van der Waals surface area contributed by atoms with Gasteiger partial charge in [0.15, 0.2) is 5.90 Å². The highest BCUT2D eigenvalue weighted by atomic mass is 16.5. The molecular weight excluding hydrogens is 264 g/mol. The van der Waals surface area contributed by atoms with Gasteiger partial charge in [0.05, 0.1) is 5.69 Å². The van der Waals surface area contributed by atoms with Crippen molar-refractivity contribution in [2.24, 2.45) is 4.99 Å². The van der Waals surface area contributed by atoms with Crippen LogP contribution in [0.1, 0.15) is 29.5 Å². The maximum absolute atomic E-state index is 5.59. The lowest BCUT2D eigenvalue weighted by atomic mass is 9.98. The largest absolute Gasteiger partial charge is 0.479 e. The van der Waals surface area contributed by atoms with Gasteiger partial charge in [0, 0.05) is 25.3 Å². The number of aromatic nitrogens is 1. The van der Waals surface area contributed by atoms with Gasteiger partial charge < -0.3 is 9.26 Å². The molecule has 4 nitrogen and oxygen atoms in total. The molecule has 2 heterocycles. The Morgan fingerprint density at radius 2 is 1.90 bits per heavy atom. The smallest absolute Gasteiger partial charge is 0.180 e. The zero-order valence-electron chi connectivity index (χ0n) is 12.6. The Hall–Kier alpha value is -2.10. The maximum Gasteiger partial charge on any atom is 0.180 e. The topological polar surface area (TPSA) is 47.6 Å². The van der Waals surface area contributed by atoms with Gasteiger partial charge in [-0.15, -0.1) is 0 Å². The Bertz CT molecular complexity index is 741. The van der Waals surface area contributed by atoms with Crippen LogP contribution < -0.4 is 0 Å². The third-order valence-electron chi connectivity index (χ3n) is 4.51. The predicted molar refractivity (Wildman–Crippen MR) is 80.6 cm³/mol. The molecule has 4 heteroatoms. The SMILES string of the molecule is CC1=NC2(CO1)Cc1ccc(-c3c(C)noc3C)cc1C2. The zero-order valence-corrected chi connectivity index (χ0v) is 12.6. The first-order chi connectivity index (χ1) is 10.1. The van der Waals surface area contributed by atoms with E-state index in [-0.39, 0.29) is 5.54 Å². The average Bonchev–Trinajstić information content (AvgIpc) is 3.08. The summed E-state index contributed by atoms with van der Waals surface area (Å²) in [4.78, 5) is 4.73. The van der Waals surface area contributed by atoms with Crippen molar-refractivity contribution in [1.82, 2.24) is 5.16 Å². The van der Waals surface area contributed by atoms with E-state index in [1.165, 1.54) is 16.7 Å². The lowest BCUT2D eigenvalue weighted by Crippen LogP contribution is -2.28. The highest BCUT2D eigenvalue weighted by Crippen LogP contribution is 2.38. The number of hydrogen-bond acceptors (Lipinski definition) is 4. The van der Waals surface area contributed by atoms with Crippen molar-refractivity contribution in [3.05, 3.63) is 40.8 Å². The van der Waals surface area contributed by atoms with Crippen molar-refractivity contribution in [1.29, 1.82) is 0 Å². The molecule has 0 amide bonds. The van der Waals surface area contributed by atoms with Crippen molar-refractivity contribution >= 4 is 5.90 Å². The van der Waals surface area contributed by atoms with E-state index < -0.39 is 0 Å². The Morgan fingerprint density at radius 1 is 1.10 bits per heavy atom. The lowest BCUT2D eigenvalue weighted by Gasteiger charge is -2.15. The quantitative estimate of drug-likeness (QED) is 0.806. The normalized spacial score (nSPS) is 23.3. The van der Waals surface area contributed by atoms with Crippen LogP contribution in [0.3, 0.4) is 0 Å². The van der Waals surface area contributed by atoms with E-state index in [0.29, 0.717) is 6.61 Å². The van der Waals surface area contributed by atoms with Crippen molar-refractivity contribution in [3.63, 3.8) is 0 Å². The van der Waals surface area contributed by atoms with Crippen molar-refractivity contribution in [2.75, 3.05) is 6.61 Å². The van der Waals surface area contributed by atoms with Gasteiger partial charge in [-0.05, 0) is 30.5 Å². The molecular formula is C17H18N2O2. The molecule has 1 aromatic heterocycles. The molecule has 0 radical (unpaired) electrons.